The van der Waals surface area contributed by atoms with Crippen LogP contribution in [0.2, 0.25) is 0 Å². The molecule has 3 atom stereocenters. The normalized spacial score (nSPS) is 23.3. The van der Waals surface area contributed by atoms with E-state index in [0.717, 1.165) is 18.2 Å². The summed E-state index contributed by atoms with van der Waals surface area (Å²) >= 11 is 0. The van der Waals surface area contributed by atoms with Crippen LogP contribution >= 0.6 is 0 Å². The van der Waals surface area contributed by atoms with Crippen LogP contribution in [0.3, 0.4) is 0 Å². The Morgan fingerprint density at radius 3 is 2.81 bits per heavy atom. The van der Waals surface area contributed by atoms with E-state index < -0.39 is 0 Å². The molecule has 0 spiro atoms. The Labute approximate surface area is 125 Å². The first-order chi connectivity index (χ1) is 10.3. The first-order valence-electron chi connectivity index (χ1n) is 7.89. The molecule has 0 amide bonds. The van der Waals surface area contributed by atoms with Crippen LogP contribution in [0.25, 0.3) is 0 Å². The van der Waals surface area contributed by atoms with Gasteiger partial charge < -0.3 is 10.3 Å². The lowest BCUT2D eigenvalue weighted by molar-refractivity contribution is 0.347. The van der Waals surface area contributed by atoms with E-state index in [1.807, 2.05) is 18.2 Å². The van der Waals surface area contributed by atoms with Gasteiger partial charge in [-0.05, 0) is 37.2 Å². The fraction of sp³-hybridized carbons (Fsp3) is 0.529. The molecule has 1 heterocycles. The molecule has 1 aromatic heterocycles. The second kappa shape index (κ2) is 6.39. The highest BCUT2D eigenvalue weighted by molar-refractivity contribution is 5.17. The number of aromatic nitrogens is 2. The number of benzene rings is 1. The highest BCUT2D eigenvalue weighted by Crippen LogP contribution is 2.38. The van der Waals surface area contributed by atoms with Crippen LogP contribution in [0.4, 0.5) is 0 Å². The minimum absolute atomic E-state index is 0.225. The number of nitrogens with two attached hydrogens (primary N) is 1. The molecule has 0 aliphatic heterocycles. The Morgan fingerprint density at radius 1 is 1.29 bits per heavy atom. The Balaban J connectivity index is 1.64. The zero-order valence-electron chi connectivity index (χ0n) is 12.5. The molecule has 21 heavy (non-hydrogen) atoms. The maximum atomic E-state index is 6.20. The molecule has 1 aliphatic carbocycles. The number of hydrogen-bond donors (Lipinski definition) is 1. The minimum atomic E-state index is -0.225. The van der Waals surface area contributed by atoms with Gasteiger partial charge in [0.05, 0.1) is 6.04 Å². The maximum Gasteiger partial charge on any atom is 0.243 e. The molecule has 4 nitrogen and oxygen atoms in total. The monoisotopic (exact) mass is 285 g/mol. The fourth-order valence-electron chi connectivity index (χ4n) is 3.20. The van der Waals surface area contributed by atoms with Gasteiger partial charge in [0.1, 0.15) is 0 Å². The Bertz CT molecular complexity index is 566. The lowest BCUT2D eigenvalue weighted by atomic mass is 10.0. The van der Waals surface area contributed by atoms with Gasteiger partial charge in [-0.15, -0.1) is 0 Å². The predicted octanol–water partition coefficient (Wildman–Crippen LogP) is 3.61. The van der Waals surface area contributed by atoms with Crippen LogP contribution in [0, 0.1) is 5.92 Å². The van der Waals surface area contributed by atoms with Gasteiger partial charge in [0.2, 0.25) is 5.89 Å². The average Bonchev–Trinajstić information content (AvgIpc) is 3.17. The van der Waals surface area contributed by atoms with Gasteiger partial charge in [-0.3, -0.25) is 0 Å². The van der Waals surface area contributed by atoms with E-state index in [-0.39, 0.29) is 6.04 Å². The first kappa shape index (κ1) is 14.3. The lowest BCUT2D eigenvalue weighted by Crippen LogP contribution is -2.14. The summed E-state index contributed by atoms with van der Waals surface area (Å²) in [6.07, 6.45) is 5.61. The summed E-state index contributed by atoms with van der Waals surface area (Å²) in [6, 6.07) is 9.95. The maximum absolute atomic E-state index is 6.20. The zero-order valence-corrected chi connectivity index (χ0v) is 12.5. The molecule has 0 saturated heterocycles. The topological polar surface area (TPSA) is 64.9 Å². The molecule has 2 N–H and O–H groups in total. The van der Waals surface area contributed by atoms with Gasteiger partial charge in [0.15, 0.2) is 5.82 Å². The van der Waals surface area contributed by atoms with Crippen LogP contribution in [0.15, 0.2) is 34.9 Å². The lowest BCUT2D eigenvalue weighted by Gasteiger charge is -2.06. The molecular formula is C17H23N3O. The van der Waals surface area contributed by atoms with Crippen molar-refractivity contribution in [1.82, 2.24) is 10.1 Å². The van der Waals surface area contributed by atoms with Crippen molar-refractivity contribution >= 4 is 0 Å². The van der Waals surface area contributed by atoms with Gasteiger partial charge in [0.25, 0.3) is 0 Å². The standard InChI is InChI=1S/C17H23N3O/c1-2-12-8-9-14(10-12)16-19-17(21-20-16)15(18)11-13-6-4-3-5-7-13/h3-7,12,14-15H,2,8-11,18H2,1H3/t12?,14?,15-/m1/s1. The summed E-state index contributed by atoms with van der Waals surface area (Å²) in [5.41, 5.74) is 7.39. The Hall–Kier alpha value is -1.68. The van der Waals surface area contributed by atoms with E-state index in [1.165, 1.54) is 31.2 Å². The van der Waals surface area contributed by atoms with Crippen molar-refractivity contribution < 1.29 is 4.52 Å². The molecule has 0 radical (unpaired) electrons. The molecule has 1 saturated carbocycles. The molecule has 1 fully saturated rings. The van der Waals surface area contributed by atoms with Crippen molar-refractivity contribution in [2.75, 3.05) is 0 Å². The van der Waals surface area contributed by atoms with Crippen molar-refractivity contribution in [3.05, 3.63) is 47.6 Å². The van der Waals surface area contributed by atoms with Crippen molar-refractivity contribution in [3.63, 3.8) is 0 Å². The van der Waals surface area contributed by atoms with Crippen LogP contribution in [0.5, 0.6) is 0 Å². The first-order valence-corrected chi connectivity index (χ1v) is 7.89. The van der Waals surface area contributed by atoms with Crippen molar-refractivity contribution in [1.29, 1.82) is 0 Å². The largest absolute Gasteiger partial charge is 0.338 e. The third kappa shape index (κ3) is 3.32. The van der Waals surface area contributed by atoms with Crippen molar-refractivity contribution in [2.24, 2.45) is 11.7 Å². The molecule has 2 aromatic rings. The van der Waals surface area contributed by atoms with Crippen LogP contribution in [-0.4, -0.2) is 10.1 Å². The highest BCUT2D eigenvalue weighted by Gasteiger charge is 2.29. The molecule has 4 heteroatoms. The van der Waals surface area contributed by atoms with Crippen molar-refractivity contribution in [3.8, 4) is 0 Å². The summed E-state index contributed by atoms with van der Waals surface area (Å²) < 4.78 is 5.39. The van der Waals surface area contributed by atoms with Crippen molar-refractivity contribution in [2.45, 2.75) is 51.0 Å². The van der Waals surface area contributed by atoms with Gasteiger partial charge >= 0.3 is 0 Å². The molecule has 1 aromatic carbocycles. The van der Waals surface area contributed by atoms with Gasteiger partial charge in [-0.2, -0.15) is 4.98 Å². The SMILES string of the molecule is CCC1CCC(c2noc([C@H](N)Cc3ccccc3)n2)C1. The van der Waals surface area contributed by atoms with E-state index in [1.54, 1.807) is 0 Å². The molecule has 3 rings (SSSR count). The molecular weight excluding hydrogens is 262 g/mol. The molecule has 112 valence electrons. The van der Waals surface area contributed by atoms with E-state index in [0.29, 0.717) is 11.8 Å². The summed E-state index contributed by atoms with van der Waals surface area (Å²) in [6.45, 7) is 2.25. The van der Waals surface area contributed by atoms with Gasteiger partial charge in [-0.1, -0.05) is 48.8 Å². The number of hydrogen-bond acceptors (Lipinski definition) is 4. The van der Waals surface area contributed by atoms with Crippen LogP contribution < -0.4 is 5.73 Å². The number of nitrogens with zero attached hydrogens (tertiary/aromatic N) is 2. The van der Waals surface area contributed by atoms with E-state index in [4.69, 9.17) is 10.3 Å². The predicted molar refractivity (Wildman–Crippen MR) is 81.7 cm³/mol. The molecule has 2 unspecified atom stereocenters. The van der Waals surface area contributed by atoms with Gasteiger partial charge in [0, 0.05) is 5.92 Å². The smallest absolute Gasteiger partial charge is 0.243 e. The summed E-state index contributed by atoms with van der Waals surface area (Å²) in [7, 11) is 0. The zero-order chi connectivity index (χ0) is 14.7. The second-order valence-electron chi connectivity index (χ2n) is 6.07. The van der Waals surface area contributed by atoms with Gasteiger partial charge in [-0.25, -0.2) is 0 Å². The third-order valence-corrected chi connectivity index (χ3v) is 4.56. The molecule has 1 aliphatic rings. The number of rotatable bonds is 5. The van der Waals surface area contributed by atoms with E-state index in [9.17, 15) is 0 Å². The third-order valence-electron chi connectivity index (χ3n) is 4.56. The average molecular weight is 285 g/mol. The molecule has 0 bridgehead atoms. The fourth-order valence-corrected chi connectivity index (χ4v) is 3.20. The Kier molecular flexibility index (Phi) is 4.34. The van der Waals surface area contributed by atoms with E-state index >= 15 is 0 Å². The minimum Gasteiger partial charge on any atom is -0.338 e. The quantitative estimate of drug-likeness (QED) is 0.911. The van der Waals surface area contributed by atoms with Crippen LogP contribution in [0.1, 0.15) is 61.8 Å². The summed E-state index contributed by atoms with van der Waals surface area (Å²) in [4.78, 5) is 4.55. The Morgan fingerprint density at radius 2 is 2.10 bits per heavy atom. The summed E-state index contributed by atoms with van der Waals surface area (Å²) in [5.74, 6) is 2.68. The highest BCUT2D eigenvalue weighted by atomic mass is 16.5. The van der Waals surface area contributed by atoms with E-state index in [2.05, 4.69) is 29.2 Å². The summed E-state index contributed by atoms with van der Waals surface area (Å²) in [5, 5.41) is 4.16. The second-order valence-corrected chi connectivity index (χ2v) is 6.07. The van der Waals surface area contributed by atoms with Crippen LogP contribution in [-0.2, 0) is 6.42 Å².